The summed E-state index contributed by atoms with van der Waals surface area (Å²) in [5, 5.41) is 0.819. The minimum Gasteiger partial charge on any atom is -0.340 e. The predicted octanol–water partition coefficient (Wildman–Crippen LogP) is 1.80. The summed E-state index contributed by atoms with van der Waals surface area (Å²) >= 11 is 1.60. The number of aromatic nitrogens is 1. The van der Waals surface area contributed by atoms with Gasteiger partial charge in [-0.3, -0.25) is 9.69 Å². The van der Waals surface area contributed by atoms with E-state index in [1.54, 1.807) is 18.3 Å². The summed E-state index contributed by atoms with van der Waals surface area (Å²) < 4.78 is 1.15. The number of benzene rings is 1. The molecule has 0 aliphatic carbocycles. The van der Waals surface area contributed by atoms with Gasteiger partial charge in [-0.05, 0) is 31.0 Å². The van der Waals surface area contributed by atoms with Gasteiger partial charge in [-0.25, -0.2) is 4.98 Å². The molecule has 1 amide bonds. The van der Waals surface area contributed by atoms with Gasteiger partial charge in [0.25, 0.3) is 0 Å². The number of nitrogens with one attached hydrogen (secondary N) is 1. The van der Waals surface area contributed by atoms with Crippen LogP contribution in [0.2, 0.25) is 0 Å². The number of fused-ring (bicyclic) bond motifs is 1. The summed E-state index contributed by atoms with van der Waals surface area (Å²) in [6.45, 7) is 7.59. The van der Waals surface area contributed by atoms with E-state index in [0.29, 0.717) is 0 Å². The first-order valence-corrected chi connectivity index (χ1v) is 8.15. The molecule has 1 aromatic heterocycles. The molecule has 1 N–H and O–H groups in total. The van der Waals surface area contributed by atoms with Crippen molar-refractivity contribution >= 4 is 32.6 Å². The topological polar surface area (TPSA) is 37.6 Å². The van der Waals surface area contributed by atoms with Crippen molar-refractivity contribution < 1.29 is 9.69 Å². The molecule has 0 saturated heterocycles. The first-order chi connectivity index (χ1) is 9.90. The minimum atomic E-state index is 0.0668. The Hall–Kier alpha value is -1.46. The lowest BCUT2D eigenvalue weighted by molar-refractivity contribution is -0.858. The summed E-state index contributed by atoms with van der Waals surface area (Å²) in [4.78, 5) is 19.8. The Balaban J connectivity index is 2.28. The zero-order chi connectivity index (χ0) is 15.6. The molecule has 0 atom stereocenters. The number of thiazole rings is 1. The van der Waals surface area contributed by atoms with E-state index in [0.717, 1.165) is 34.9 Å². The number of aryl methyl sites for hydroxylation is 2. The van der Waals surface area contributed by atoms with Crippen LogP contribution in [0.3, 0.4) is 0 Å². The van der Waals surface area contributed by atoms with E-state index >= 15 is 0 Å². The lowest BCUT2D eigenvalue weighted by Crippen LogP contribution is -3.05. The molecular formula is C16H24N3OS+. The van der Waals surface area contributed by atoms with Gasteiger partial charge in [-0.1, -0.05) is 17.4 Å². The molecule has 4 nitrogen and oxygen atoms in total. The van der Waals surface area contributed by atoms with Crippen LogP contribution >= 0.6 is 11.3 Å². The van der Waals surface area contributed by atoms with Crippen LogP contribution in [0, 0.1) is 13.8 Å². The van der Waals surface area contributed by atoms with Crippen molar-refractivity contribution in [3.63, 3.8) is 0 Å². The van der Waals surface area contributed by atoms with Gasteiger partial charge in [0.05, 0.1) is 30.9 Å². The lowest BCUT2D eigenvalue weighted by atomic mass is 10.1. The third kappa shape index (κ3) is 3.60. The summed E-state index contributed by atoms with van der Waals surface area (Å²) in [7, 11) is 4.25. The fraction of sp³-hybridized carbons (Fsp3) is 0.500. The molecule has 0 spiro atoms. The average molecular weight is 306 g/mol. The highest BCUT2D eigenvalue weighted by atomic mass is 32.1. The number of anilines is 1. The van der Waals surface area contributed by atoms with Crippen LogP contribution in [0.15, 0.2) is 12.1 Å². The first kappa shape index (κ1) is 15.9. The van der Waals surface area contributed by atoms with Crippen molar-refractivity contribution in [1.82, 2.24) is 4.98 Å². The zero-order valence-electron chi connectivity index (χ0n) is 13.5. The average Bonchev–Trinajstić information content (AvgIpc) is 2.82. The second-order valence-electron chi connectivity index (χ2n) is 5.83. The van der Waals surface area contributed by atoms with E-state index in [4.69, 9.17) is 4.98 Å². The maximum absolute atomic E-state index is 11.9. The van der Waals surface area contributed by atoms with Gasteiger partial charge in [0.1, 0.15) is 0 Å². The maximum Gasteiger partial charge on any atom is 0.225 e. The Labute approximate surface area is 130 Å². The van der Waals surface area contributed by atoms with Crippen molar-refractivity contribution in [2.45, 2.75) is 27.2 Å². The molecule has 0 fully saturated rings. The number of carbonyl (C=O) groups excluding carboxylic acids is 1. The third-order valence-corrected chi connectivity index (χ3v) is 4.79. The fourth-order valence-corrected chi connectivity index (χ4v) is 3.40. The molecule has 2 rings (SSSR count). The van der Waals surface area contributed by atoms with E-state index in [1.807, 2.05) is 4.90 Å². The van der Waals surface area contributed by atoms with E-state index in [1.165, 1.54) is 16.0 Å². The molecule has 5 heteroatoms. The molecular weight excluding hydrogens is 282 g/mol. The SMILES string of the molecule is CC(=O)N(CCC[NH+](C)C)c1nc2c(C)c(C)ccc2s1. The molecule has 0 unspecified atom stereocenters. The number of carbonyl (C=O) groups is 1. The standard InChI is InChI=1S/C16H23N3OS/c1-11-7-8-14-15(12(11)2)17-16(21-14)19(13(3)20)10-6-9-18(4)5/h7-8H,6,9-10H2,1-5H3/p+1. The molecule has 114 valence electrons. The lowest BCUT2D eigenvalue weighted by Gasteiger charge is -2.18. The van der Waals surface area contributed by atoms with Crippen LogP contribution in [0.4, 0.5) is 5.13 Å². The highest BCUT2D eigenvalue weighted by Gasteiger charge is 2.17. The number of nitrogens with zero attached hydrogens (tertiary/aromatic N) is 2. The Morgan fingerprint density at radius 3 is 2.67 bits per heavy atom. The summed E-state index contributed by atoms with van der Waals surface area (Å²) in [6, 6.07) is 4.22. The van der Waals surface area contributed by atoms with Crippen LogP contribution in [0.5, 0.6) is 0 Å². The van der Waals surface area contributed by atoms with E-state index in [-0.39, 0.29) is 5.91 Å². The number of hydrogen-bond acceptors (Lipinski definition) is 3. The van der Waals surface area contributed by atoms with Crippen LogP contribution in [-0.4, -0.2) is 38.1 Å². The molecule has 21 heavy (non-hydrogen) atoms. The van der Waals surface area contributed by atoms with Gasteiger partial charge in [0.2, 0.25) is 5.91 Å². The summed E-state index contributed by atoms with van der Waals surface area (Å²) in [5.41, 5.74) is 3.47. The van der Waals surface area contributed by atoms with Crippen molar-refractivity contribution in [2.24, 2.45) is 0 Å². The monoisotopic (exact) mass is 306 g/mol. The normalized spacial score (nSPS) is 11.3. The molecule has 0 radical (unpaired) electrons. The van der Waals surface area contributed by atoms with Crippen molar-refractivity contribution in [2.75, 3.05) is 32.1 Å². The maximum atomic E-state index is 11.9. The first-order valence-electron chi connectivity index (χ1n) is 7.34. The number of hydrogen-bond donors (Lipinski definition) is 1. The number of quaternary nitrogens is 1. The van der Waals surface area contributed by atoms with Gasteiger partial charge in [0, 0.05) is 19.9 Å². The molecule has 2 aromatic rings. The Kier molecular flexibility index (Phi) is 4.96. The molecule has 1 heterocycles. The number of rotatable bonds is 5. The minimum absolute atomic E-state index is 0.0668. The van der Waals surface area contributed by atoms with Gasteiger partial charge >= 0.3 is 0 Å². The molecule has 0 aliphatic rings. The summed E-state index contributed by atoms with van der Waals surface area (Å²) in [5.74, 6) is 0.0668. The van der Waals surface area contributed by atoms with Crippen LogP contribution in [0.25, 0.3) is 10.2 Å². The molecule has 1 aromatic carbocycles. The second kappa shape index (κ2) is 6.54. The smallest absolute Gasteiger partial charge is 0.225 e. The largest absolute Gasteiger partial charge is 0.340 e. The van der Waals surface area contributed by atoms with Gasteiger partial charge in [-0.15, -0.1) is 0 Å². The highest BCUT2D eigenvalue weighted by Crippen LogP contribution is 2.31. The quantitative estimate of drug-likeness (QED) is 0.915. The van der Waals surface area contributed by atoms with Crippen LogP contribution in [-0.2, 0) is 4.79 Å². The zero-order valence-corrected chi connectivity index (χ0v) is 14.3. The number of amides is 1. The fourth-order valence-electron chi connectivity index (χ4n) is 2.31. The Morgan fingerprint density at radius 1 is 1.33 bits per heavy atom. The Bertz CT molecular complexity index is 648. The van der Waals surface area contributed by atoms with Gasteiger partial charge in [0.15, 0.2) is 5.13 Å². The van der Waals surface area contributed by atoms with Crippen molar-refractivity contribution in [1.29, 1.82) is 0 Å². The van der Waals surface area contributed by atoms with Crippen LogP contribution < -0.4 is 9.80 Å². The molecule has 0 saturated carbocycles. The van der Waals surface area contributed by atoms with E-state index in [2.05, 4.69) is 40.1 Å². The van der Waals surface area contributed by atoms with Crippen LogP contribution in [0.1, 0.15) is 24.5 Å². The third-order valence-electron chi connectivity index (χ3n) is 3.74. The molecule has 0 bridgehead atoms. The van der Waals surface area contributed by atoms with E-state index < -0.39 is 0 Å². The Morgan fingerprint density at radius 2 is 2.05 bits per heavy atom. The highest BCUT2D eigenvalue weighted by molar-refractivity contribution is 7.22. The van der Waals surface area contributed by atoms with E-state index in [9.17, 15) is 4.79 Å². The van der Waals surface area contributed by atoms with Gasteiger partial charge in [-0.2, -0.15) is 0 Å². The summed E-state index contributed by atoms with van der Waals surface area (Å²) in [6.07, 6.45) is 0.982. The predicted molar refractivity (Wildman–Crippen MR) is 89.4 cm³/mol. The van der Waals surface area contributed by atoms with Gasteiger partial charge < -0.3 is 4.90 Å². The van der Waals surface area contributed by atoms with Crippen molar-refractivity contribution in [3.8, 4) is 0 Å². The second-order valence-corrected chi connectivity index (χ2v) is 6.84. The van der Waals surface area contributed by atoms with Crippen molar-refractivity contribution in [3.05, 3.63) is 23.3 Å². The molecule has 0 aliphatic heterocycles.